The van der Waals surface area contributed by atoms with E-state index in [0.717, 1.165) is 40.5 Å². The minimum absolute atomic E-state index is 0.0577. The molecule has 0 saturated carbocycles. The zero-order chi connectivity index (χ0) is 13.9. The van der Waals surface area contributed by atoms with E-state index in [9.17, 15) is 4.79 Å². The fourth-order valence-electron chi connectivity index (χ4n) is 2.36. The second kappa shape index (κ2) is 5.37. The monoisotopic (exact) mass is 267 g/mol. The van der Waals surface area contributed by atoms with Crippen molar-refractivity contribution in [1.82, 2.24) is 0 Å². The number of fused-ring (bicyclic) bond motifs is 3. The number of anilines is 1. The van der Waals surface area contributed by atoms with E-state index in [0.29, 0.717) is 6.42 Å². The molecule has 1 N–H and O–H groups in total. The second-order valence-corrected chi connectivity index (χ2v) is 4.96. The molecular formula is C17H17NO2. The van der Waals surface area contributed by atoms with Crippen LogP contribution in [0.25, 0.3) is 21.9 Å². The van der Waals surface area contributed by atoms with Crippen LogP contribution in [-0.2, 0) is 4.79 Å². The molecule has 0 radical (unpaired) electrons. The van der Waals surface area contributed by atoms with Gasteiger partial charge in [-0.3, -0.25) is 4.79 Å². The molecule has 0 fully saturated rings. The normalized spacial score (nSPS) is 11.1. The number of carbonyl (C=O) groups is 1. The number of unbranched alkanes of at least 4 members (excludes halogenated alkanes) is 1. The minimum Gasteiger partial charge on any atom is -0.456 e. The standard InChI is InChI=1S/C17H17NO2/c1-2-3-8-17(19)18-12-9-10-14-13-6-4-5-7-15(13)20-16(14)11-12/h4-7,9-11H,2-3,8H2,1H3,(H,18,19). The third-order valence-corrected chi connectivity index (χ3v) is 3.42. The summed E-state index contributed by atoms with van der Waals surface area (Å²) < 4.78 is 5.80. The van der Waals surface area contributed by atoms with Gasteiger partial charge in [0, 0.05) is 28.9 Å². The van der Waals surface area contributed by atoms with Crippen LogP contribution in [0.3, 0.4) is 0 Å². The molecule has 0 aliphatic rings. The molecular weight excluding hydrogens is 250 g/mol. The Morgan fingerprint density at radius 1 is 1.10 bits per heavy atom. The van der Waals surface area contributed by atoms with Crippen molar-refractivity contribution < 1.29 is 9.21 Å². The summed E-state index contributed by atoms with van der Waals surface area (Å²) in [6, 6.07) is 13.8. The van der Waals surface area contributed by atoms with Crippen LogP contribution in [-0.4, -0.2) is 5.91 Å². The first-order chi connectivity index (χ1) is 9.78. The summed E-state index contributed by atoms with van der Waals surface area (Å²) in [6.45, 7) is 2.08. The number of benzene rings is 2. The van der Waals surface area contributed by atoms with Crippen molar-refractivity contribution in [3.8, 4) is 0 Å². The number of carbonyl (C=O) groups excluding carboxylic acids is 1. The van der Waals surface area contributed by atoms with E-state index in [-0.39, 0.29) is 5.91 Å². The highest BCUT2D eigenvalue weighted by Gasteiger charge is 2.08. The molecule has 1 heterocycles. The van der Waals surface area contributed by atoms with Gasteiger partial charge in [0.1, 0.15) is 11.2 Å². The van der Waals surface area contributed by atoms with E-state index in [1.54, 1.807) is 0 Å². The van der Waals surface area contributed by atoms with Crippen molar-refractivity contribution >= 4 is 33.5 Å². The first kappa shape index (κ1) is 12.7. The van der Waals surface area contributed by atoms with Crippen molar-refractivity contribution in [3.63, 3.8) is 0 Å². The summed E-state index contributed by atoms with van der Waals surface area (Å²) >= 11 is 0. The van der Waals surface area contributed by atoms with Crippen LogP contribution in [0.15, 0.2) is 46.9 Å². The van der Waals surface area contributed by atoms with Crippen molar-refractivity contribution in [3.05, 3.63) is 42.5 Å². The summed E-state index contributed by atoms with van der Waals surface area (Å²) in [5, 5.41) is 5.09. The van der Waals surface area contributed by atoms with Gasteiger partial charge >= 0.3 is 0 Å². The molecule has 0 unspecified atom stereocenters. The minimum atomic E-state index is 0.0577. The highest BCUT2D eigenvalue weighted by atomic mass is 16.3. The number of amides is 1. The molecule has 102 valence electrons. The predicted molar refractivity (Wildman–Crippen MR) is 81.9 cm³/mol. The second-order valence-electron chi connectivity index (χ2n) is 4.96. The molecule has 1 amide bonds. The predicted octanol–water partition coefficient (Wildman–Crippen LogP) is 4.71. The number of rotatable bonds is 4. The number of hydrogen-bond acceptors (Lipinski definition) is 2. The summed E-state index contributed by atoms with van der Waals surface area (Å²) in [7, 11) is 0. The number of para-hydroxylation sites is 1. The van der Waals surface area contributed by atoms with Gasteiger partial charge in [0.25, 0.3) is 0 Å². The van der Waals surface area contributed by atoms with Crippen molar-refractivity contribution in [2.75, 3.05) is 5.32 Å². The fraction of sp³-hybridized carbons (Fsp3) is 0.235. The van der Waals surface area contributed by atoms with Gasteiger partial charge in [-0.25, -0.2) is 0 Å². The first-order valence-corrected chi connectivity index (χ1v) is 6.99. The maximum Gasteiger partial charge on any atom is 0.224 e. The van der Waals surface area contributed by atoms with Gasteiger partial charge in [0.15, 0.2) is 0 Å². The van der Waals surface area contributed by atoms with Crippen LogP contribution in [0.5, 0.6) is 0 Å². The largest absolute Gasteiger partial charge is 0.456 e. The molecule has 0 aliphatic carbocycles. The summed E-state index contributed by atoms with van der Waals surface area (Å²) in [6.07, 6.45) is 2.50. The van der Waals surface area contributed by atoms with Crippen LogP contribution in [0, 0.1) is 0 Å². The number of furan rings is 1. The van der Waals surface area contributed by atoms with E-state index in [1.807, 2.05) is 42.5 Å². The average molecular weight is 267 g/mol. The lowest BCUT2D eigenvalue weighted by atomic mass is 10.1. The van der Waals surface area contributed by atoms with Gasteiger partial charge in [0.05, 0.1) is 0 Å². The molecule has 3 aromatic rings. The lowest BCUT2D eigenvalue weighted by Crippen LogP contribution is -2.10. The molecule has 0 aliphatic heterocycles. The van der Waals surface area contributed by atoms with Crippen LogP contribution < -0.4 is 5.32 Å². The van der Waals surface area contributed by atoms with Gasteiger partial charge in [-0.15, -0.1) is 0 Å². The van der Waals surface area contributed by atoms with E-state index in [2.05, 4.69) is 12.2 Å². The van der Waals surface area contributed by atoms with E-state index in [1.165, 1.54) is 0 Å². The van der Waals surface area contributed by atoms with Crippen LogP contribution in [0.2, 0.25) is 0 Å². The van der Waals surface area contributed by atoms with E-state index >= 15 is 0 Å². The third-order valence-electron chi connectivity index (χ3n) is 3.42. The first-order valence-electron chi connectivity index (χ1n) is 6.99. The summed E-state index contributed by atoms with van der Waals surface area (Å²) in [5.74, 6) is 0.0577. The third kappa shape index (κ3) is 2.39. The van der Waals surface area contributed by atoms with Gasteiger partial charge in [-0.2, -0.15) is 0 Å². The Morgan fingerprint density at radius 3 is 2.75 bits per heavy atom. The highest BCUT2D eigenvalue weighted by Crippen LogP contribution is 2.30. The molecule has 3 heteroatoms. The van der Waals surface area contributed by atoms with Crippen molar-refractivity contribution in [2.24, 2.45) is 0 Å². The molecule has 20 heavy (non-hydrogen) atoms. The van der Waals surface area contributed by atoms with Crippen molar-refractivity contribution in [1.29, 1.82) is 0 Å². The summed E-state index contributed by atoms with van der Waals surface area (Å²) in [4.78, 5) is 11.7. The van der Waals surface area contributed by atoms with Gasteiger partial charge in [-0.1, -0.05) is 31.5 Å². The maximum absolute atomic E-state index is 11.7. The van der Waals surface area contributed by atoms with Crippen LogP contribution >= 0.6 is 0 Å². The van der Waals surface area contributed by atoms with E-state index < -0.39 is 0 Å². The fourth-order valence-corrected chi connectivity index (χ4v) is 2.36. The molecule has 0 bridgehead atoms. The van der Waals surface area contributed by atoms with Crippen LogP contribution in [0.1, 0.15) is 26.2 Å². The molecule has 2 aromatic carbocycles. The molecule has 1 aromatic heterocycles. The average Bonchev–Trinajstić information content (AvgIpc) is 2.82. The SMILES string of the molecule is CCCCC(=O)Nc1ccc2c(c1)oc1ccccc12. The zero-order valence-electron chi connectivity index (χ0n) is 11.5. The Morgan fingerprint density at radius 2 is 1.90 bits per heavy atom. The van der Waals surface area contributed by atoms with Gasteiger partial charge in [0.2, 0.25) is 5.91 Å². The zero-order valence-corrected chi connectivity index (χ0v) is 11.5. The molecule has 3 nitrogen and oxygen atoms in total. The Labute approximate surface area is 117 Å². The number of nitrogens with one attached hydrogen (secondary N) is 1. The van der Waals surface area contributed by atoms with Gasteiger partial charge < -0.3 is 9.73 Å². The quantitative estimate of drug-likeness (QED) is 0.743. The lowest BCUT2D eigenvalue weighted by Gasteiger charge is -2.04. The topological polar surface area (TPSA) is 42.2 Å². The highest BCUT2D eigenvalue weighted by molar-refractivity contribution is 6.06. The van der Waals surface area contributed by atoms with E-state index in [4.69, 9.17) is 4.42 Å². The Balaban J connectivity index is 1.91. The van der Waals surface area contributed by atoms with Gasteiger partial charge in [-0.05, 0) is 24.6 Å². The molecule has 0 saturated heterocycles. The Bertz CT molecular complexity index is 758. The molecule has 3 rings (SSSR count). The van der Waals surface area contributed by atoms with Crippen molar-refractivity contribution in [2.45, 2.75) is 26.2 Å². The maximum atomic E-state index is 11.7. The molecule has 0 spiro atoms. The van der Waals surface area contributed by atoms with Crippen LogP contribution in [0.4, 0.5) is 5.69 Å². The summed E-state index contributed by atoms with van der Waals surface area (Å²) in [5.41, 5.74) is 2.47. The Hall–Kier alpha value is -2.29. The number of hydrogen-bond donors (Lipinski definition) is 1. The Kier molecular flexibility index (Phi) is 3.42. The lowest BCUT2D eigenvalue weighted by molar-refractivity contribution is -0.116. The smallest absolute Gasteiger partial charge is 0.224 e. The molecule has 0 atom stereocenters.